The Morgan fingerprint density at radius 3 is 2.54 bits per heavy atom. The summed E-state index contributed by atoms with van der Waals surface area (Å²) in [6, 6.07) is 1.79. The molecule has 2 heterocycles. The smallest absolute Gasteiger partial charge is 0.0130 e. The van der Waals surface area contributed by atoms with Crippen LogP contribution in [0, 0.1) is 11.3 Å². The van der Waals surface area contributed by atoms with Gasteiger partial charge in [-0.15, -0.1) is 9.24 Å². The van der Waals surface area contributed by atoms with Gasteiger partial charge in [0, 0.05) is 18.6 Å². The standard InChI is InChI=1S/C11H20NP/c1-7-3-8(2)12-6-11(4-9(7)12)5-10(11)13/h7-10H,3-6,13H2,1-2H3. The van der Waals surface area contributed by atoms with Gasteiger partial charge in [0.15, 0.2) is 0 Å². The fourth-order valence-corrected chi connectivity index (χ4v) is 4.43. The summed E-state index contributed by atoms with van der Waals surface area (Å²) in [6.45, 7) is 6.26. The molecule has 3 rings (SSSR count). The molecule has 2 heteroatoms. The molecule has 0 aromatic rings. The highest BCUT2D eigenvalue weighted by molar-refractivity contribution is 7.18. The average molecular weight is 197 g/mol. The minimum atomic E-state index is 0.748. The van der Waals surface area contributed by atoms with E-state index < -0.39 is 0 Å². The Hall–Kier alpha value is 0.390. The highest BCUT2D eigenvalue weighted by Crippen LogP contribution is 2.61. The van der Waals surface area contributed by atoms with Crippen molar-refractivity contribution in [1.82, 2.24) is 4.90 Å². The third-order valence-electron chi connectivity index (χ3n) is 4.73. The van der Waals surface area contributed by atoms with E-state index in [1.165, 1.54) is 25.8 Å². The summed E-state index contributed by atoms with van der Waals surface area (Å²) in [5.74, 6) is 0.951. The zero-order valence-electron chi connectivity index (χ0n) is 8.66. The Morgan fingerprint density at radius 1 is 1.31 bits per heavy atom. The second-order valence-electron chi connectivity index (χ2n) is 5.68. The third-order valence-corrected chi connectivity index (χ3v) is 5.67. The average Bonchev–Trinajstić information content (AvgIpc) is 2.42. The Balaban J connectivity index is 1.82. The molecule has 6 unspecified atom stereocenters. The van der Waals surface area contributed by atoms with Crippen LogP contribution in [0.4, 0.5) is 0 Å². The molecule has 74 valence electrons. The molecule has 1 nitrogen and oxygen atoms in total. The maximum Gasteiger partial charge on any atom is 0.0130 e. The van der Waals surface area contributed by atoms with E-state index >= 15 is 0 Å². The summed E-state index contributed by atoms with van der Waals surface area (Å²) in [6.07, 6.45) is 4.40. The van der Waals surface area contributed by atoms with Gasteiger partial charge in [0.25, 0.3) is 0 Å². The maximum absolute atomic E-state index is 3.04. The molecule has 6 atom stereocenters. The van der Waals surface area contributed by atoms with Crippen LogP contribution in [0.15, 0.2) is 0 Å². The topological polar surface area (TPSA) is 3.24 Å². The van der Waals surface area contributed by atoms with Crippen LogP contribution in [0.1, 0.15) is 33.1 Å². The van der Waals surface area contributed by atoms with E-state index in [4.69, 9.17) is 0 Å². The highest BCUT2D eigenvalue weighted by Gasteiger charge is 2.60. The van der Waals surface area contributed by atoms with Crippen LogP contribution in [0.3, 0.4) is 0 Å². The van der Waals surface area contributed by atoms with Gasteiger partial charge in [-0.25, -0.2) is 0 Å². The molecule has 0 radical (unpaired) electrons. The molecule has 0 aromatic carbocycles. The van der Waals surface area contributed by atoms with Crippen molar-refractivity contribution in [3.63, 3.8) is 0 Å². The van der Waals surface area contributed by atoms with Crippen molar-refractivity contribution < 1.29 is 0 Å². The molecule has 3 fully saturated rings. The zero-order chi connectivity index (χ0) is 9.22. The van der Waals surface area contributed by atoms with E-state index in [1.54, 1.807) is 0 Å². The minimum absolute atomic E-state index is 0.748. The second-order valence-corrected chi connectivity index (χ2v) is 6.48. The Morgan fingerprint density at radius 2 is 2.00 bits per heavy atom. The first-order chi connectivity index (χ1) is 6.12. The van der Waals surface area contributed by atoms with Crippen LogP contribution < -0.4 is 0 Å². The molecule has 13 heavy (non-hydrogen) atoms. The normalized spacial score (nSPS) is 60.2. The van der Waals surface area contributed by atoms with Crippen molar-refractivity contribution in [1.29, 1.82) is 0 Å². The fraction of sp³-hybridized carbons (Fsp3) is 1.00. The van der Waals surface area contributed by atoms with Gasteiger partial charge in [0.1, 0.15) is 0 Å². The van der Waals surface area contributed by atoms with Crippen LogP contribution in [-0.4, -0.2) is 29.2 Å². The molecular formula is C11H20NP. The van der Waals surface area contributed by atoms with Gasteiger partial charge in [-0.05, 0) is 43.2 Å². The van der Waals surface area contributed by atoms with E-state index in [0.717, 1.165) is 29.1 Å². The van der Waals surface area contributed by atoms with Gasteiger partial charge in [0.05, 0.1) is 0 Å². The quantitative estimate of drug-likeness (QED) is 0.538. The number of hydrogen-bond acceptors (Lipinski definition) is 1. The summed E-state index contributed by atoms with van der Waals surface area (Å²) in [7, 11) is 3.04. The number of hydrogen-bond donors (Lipinski definition) is 0. The molecule has 2 aliphatic heterocycles. The lowest BCUT2D eigenvalue weighted by Gasteiger charge is -2.20. The van der Waals surface area contributed by atoms with Gasteiger partial charge in [-0.2, -0.15) is 0 Å². The first kappa shape index (κ1) is 8.68. The minimum Gasteiger partial charge on any atom is -0.297 e. The second kappa shape index (κ2) is 2.49. The molecule has 1 spiro atoms. The van der Waals surface area contributed by atoms with E-state index in [0.29, 0.717) is 0 Å². The van der Waals surface area contributed by atoms with Crippen molar-refractivity contribution in [2.75, 3.05) is 6.54 Å². The van der Waals surface area contributed by atoms with Gasteiger partial charge in [0.2, 0.25) is 0 Å². The molecule has 3 aliphatic rings. The van der Waals surface area contributed by atoms with Crippen LogP contribution in [-0.2, 0) is 0 Å². The zero-order valence-corrected chi connectivity index (χ0v) is 9.82. The molecule has 0 amide bonds. The summed E-state index contributed by atoms with van der Waals surface area (Å²) in [4.78, 5) is 2.79. The predicted octanol–water partition coefficient (Wildman–Crippen LogP) is 2.12. The molecule has 1 saturated carbocycles. The van der Waals surface area contributed by atoms with Gasteiger partial charge >= 0.3 is 0 Å². The number of nitrogens with zero attached hydrogens (tertiary/aromatic N) is 1. The van der Waals surface area contributed by atoms with Gasteiger partial charge < -0.3 is 0 Å². The molecule has 0 aromatic heterocycles. The van der Waals surface area contributed by atoms with Crippen LogP contribution in [0.5, 0.6) is 0 Å². The third kappa shape index (κ3) is 1.07. The van der Waals surface area contributed by atoms with Crippen molar-refractivity contribution in [3.8, 4) is 0 Å². The Bertz CT molecular complexity index is 224. The SMILES string of the molecule is CC1CC(C)N2CC3(CC12)CC3P. The van der Waals surface area contributed by atoms with Crippen molar-refractivity contribution in [2.24, 2.45) is 11.3 Å². The highest BCUT2D eigenvalue weighted by atomic mass is 31.0. The van der Waals surface area contributed by atoms with Crippen LogP contribution >= 0.6 is 9.24 Å². The molecule has 1 aliphatic carbocycles. The molecular weight excluding hydrogens is 177 g/mol. The molecule has 0 bridgehead atoms. The Kier molecular flexibility index (Phi) is 1.66. The lowest BCUT2D eigenvalue weighted by atomic mass is 9.93. The van der Waals surface area contributed by atoms with Crippen molar-refractivity contribution in [2.45, 2.75) is 50.9 Å². The van der Waals surface area contributed by atoms with Crippen molar-refractivity contribution >= 4 is 9.24 Å². The first-order valence-corrected chi connectivity index (χ1v) is 6.30. The number of rotatable bonds is 0. The lowest BCUT2D eigenvalue weighted by Crippen LogP contribution is -2.30. The number of fused-ring (bicyclic) bond motifs is 1. The molecule has 0 N–H and O–H groups in total. The molecule has 2 saturated heterocycles. The largest absolute Gasteiger partial charge is 0.297 e. The van der Waals surface area contributed by atoms with E-state index in [-0.39, 0.29) is 0 Å². The van der Waals surface area contributed by atoms with Crippen LogP contribution in [0.25, 0.3) is 0 Å². The van der Waals surface area contributed by atoms with Gasteiger partial charge in [-0.1, -0.05) is 6.92 Å². The van der Waals surface area contributed by atoms with E-state index in [1.807, 2.05) is 0 Å². The van der Waals surface area contributed by atoms with E-state index in [2.05, 4.69) is 28.0 Å². The summed E-state index contributed by atoms with van der Waals surface area (Å²) >= 11 is 0. The Labute approximate surface area is 83.5 Å². The maximum atomic E-state index is 3.04. The fourth-order valence-electron chi connectivity index (χ4n) is 3.72. The predicted molar refractivity (Wildman–Crippen MR) is 58.9 cm³/mol. The van der Waals surface area contributed by atoms with Crippen LogP contribution in [0.2, 0.25) is 0 Å². The summed E-state index contributed by atoms with van der Waals surface area (Å²) in [5.41, 5.74) is 1.69. The van der Waals surface area contributed by atoms with Gasteiger partial charge in [-0.3, -0.25) is 4.90 Å². The van der Waals surface area contributed by atoms with E-state index in [9.17, 15) is 0 Å². The first-order valence-electron chi connectivity index (χ1n) is 5.64. The van der Waals surface area contributed by atoms with Crippen molar-refractivity contribution in [3.05, 3.63) is 0 Å². The summed E-state index contributed by atoms with van der Waals surface area (Å²) < 4.78 is 0. The lowest BCUT2D eigenvalue weighted by molar-refractivity contribution is 0.242. The summed E-state index contributed by atoms with van der Waals surface area (Å²) in [5, 5.41) is 0. The monoisotopic (exact) mass is 197 g/mol.